The van der Waals surface area contributed by atoms with Crippen LogP contribution in [0.2, 0.25) is 0 Å². The van der Waals surface area contributed by atoms with Gasteiger partial charge in [-0.25, -0.2) is 0 Å². The third kappa shape index (κ3) is 67.0. The van der Waals surface area contributed by atoms with Crippen molar-refractivity contribution in [3.05, 3.63) is 48.6 Å². The van der Waals surface area contributed by atoms with E-state index in [9.17, 15) is 19.8 Å². The summed E-state index contributed by atoms with van der Waals surface area (Å²) in [6, 6.07) is -0.631. The van der Waals surface area contributed by atoms with E-state index in [1.807, 2.05) is 6.08 Å². The average molecular weight is 1150 g/mol. The monoisotopic (exact) mass is 1150 g/mol. The van der Waals surface area contributed by atoms with Crippen LogP contribution in [0.15, 0.2) is 48.6 Å². The molecule has 0 aromatic heterocycles. The Morgan fingerprint density at radius 2 is 0.610 bits per heavy atom. The molecule has 482 valence electrons. The molecule has 0 bridgehead atoms. The molecule has 2 atom stereocenters. The molecule has 3 N–H and O–H groups in total. The number of ether oxygens (including phenoxy) is 1. The van der Waals surface area contributed by atoms with Crippen molar-refractivity contribution in [1.82, 2.24) is 5.32 Å². The lowest BCUT2D eigenvalue weighted by Gasteiger charge is -2.20. The van der Waals surface area contributed by atoms with Gasteiger partial charge in [-0.2, -0.15) is 0 Å². The number of aliphatic hydroxyl groups excluding tert-OH is 2. The van der Waals surface area contributed by atoms with E-state index < -0.39 is 12.1 Å². The first kappa shape index (κ1) is 79.8. The molecule has 0 saturated carbocycles. The predicted octanol–water partition coefficient (Wildman–Crippen LogP) is 24.0. The van der Waals surface area contributed by atoms with Crippen molar-refractivity contribution < 1.29 is 24.5 Å². The zero-order valence-electron chi connectivity index (χ0n) is 55.2. The Balaban J connectivity index is 3.42. The van der Waals surface area contributed by atoms with Gasteiger partial charge in [-0.15, -0.1) is 0 Å². The van der Waals surface area contributed by atoms with Crippen LogP contribution in [-0.4, -0.2) is 47.4 Å². The summed E-state index contributed by atoms with van der Waals surface area (Å²) >= 11 is 0. The lowest BCUT2D eigenvalue weighted by Crippen LogP contribution is -2.45. The molecule has 0 spiro atoms. The topological polar surface area (TPSA) is 95.9 Å². The summed E-state index contributed by atoms with van der Waals surface area (Å²) < 4.78 is 5.49. The van der Waals surface area contributed by atoms with E-state index in [2.05, 4.69) is 55.6 Å². The second kappa shape index (κ2) is 71.3. The van der Waals surface area contributed by atoms with Crippen molar-refractivity contribution >= 4 is 11.9 Å². The number of esters is 1. The number of hydrogen-bond acceptors (Lipinski definition) is 5. The van der Waals surface area contributed by atoms with Crippen LogP contribution in [0.5, 0.6) is 0 Å². The first-order valence-electron chi connectivity index (χ1n) is 36.9. The fourth-order valence-electron chi connectivity index (χ4n) is 11.4. The Morgan fingerprint density at radius 1 is 0.341 bits per heavy atom. The van der Waals surface area contributed by atoms with Crippen molar-refractivity contribution in [2.24, 2.45) is 0 Å². The molecule has 0 fully saturated rings. The quantitative estimate of drug-likeness (QED) is 0.0320. The second-order valence-electron chi connectivity index (χ2n) is 25.3. The summed E-state index contributed by atoms with van der Waals surface area (Å²) in [4.78, 5) is 24.6. The normalized spacial score (nSPS) is 12.8. The van der Waals surface area contributed by atoms with Crippen LogP contribution in [0.3, 0.4) is 0 Å². The van der Waals surface area contributed by atoms with Gasteiger partial charge in [0.2, 0.25) is 5.91 Å². The Kier molecular flexibility index (Phi) is 69.4. The largest absolute Gasteiger partial charge is 0.466 e. The molecular weight excluding hydrogens is 1010 g/mol. The molecule has 6 heteroatoms. The number of carbonyl (C=O) groups excluding carboxylic acids is 2. The van der Waals surface area contributed by atoms with Crippen molar-refractivity contribution in [3.63, 3.8) is 0 Å². The van der Waals surface area contributed by atoms with Crippen LogP contribution in [0.1, 0.15) is 399 Å². The summed E-state index contributed by atoms with van der Waals surface area (Å²) in [5.74, 6) is -0.0638. The van der Waals surface area contributed by atoms with Gasteiger partial charge in [0.05, 0.1) is 25.4 Å². The number of carbonyl (C=O) groups is 2. The molecule has 0 aromatic carbocycles. The van der Waals surface area contributed by atoms with Gasteiger partial charge in [0.25, 0.3) is 0 Å². The van der Waals surface area contributed by atoms with Crippen LogP contribution in [0, 0.1) is 0 Å². The van der Waals surface area contributed by atoms with E-state index in [4.69, 9.17) is 4.74 Å². The molecule has 0 radical (unpaired) electrons. The summed E-state index contributed by atoms with van der Waals surface area (Å²) in [5, 5.41) is 23.3. The fraction of sp³-hybridized carbons (Fsp3) is 0.868. The number of allylic oxidation sites excluding steroid dienone is 7. The summed E-state index contributed by atoms with van der Waals surface area (Å²) in [6.07, 6.45) is 93.4. The summed E-state index contributed by atoms with van der Waals surface area (Å²) in [5.41, 5.74) is 0. The van der Waals surface area contributed by atoms with Crippen LogP contribution in [-0.2, 0) is 14.3 Å². The highest BCUT2D eigenvalue weighted by atomic mass is 16.5. The van der Waals surface area contributed by atoms with Crippen LogP contribution < -0.4 is 5.32 Å². The fourth-order valence-corrected chi connectivity index (χ4v) is 11.4. The number of hydrogen-bond donors (Lipinski definition) is 3. The molecule has 82 heavy (non-hydrogen) atoms. The number of rotatable bonds is 69. The van der Waals surface area contributed by atoms with Gasteiger partial charge in [0.15, 0.2) is 0 Å². The SMILES string of the molecule is CCCCCC/C=C\C/C=C\CCCCCCCC(=O)OCCCCCCCCCCCCCC/C=C\CCCCCCCCCCCCCC(=O)NC(CO)C(O)/C=C/CCCCCCCCCCCCCCCCCCCCCC. The van der Waals surface area contributed by atoms with Crippen molar-refractivity contribution in [2.75, 3.05) is 13.2 Å². The molecule has 0 aliphatic carbocycles. The maximum absolute atomic E-state index is 12.5. The van der Waals surface area contributed by atoms with Gasteiger partial charge in [-0.05, 0) is 89.9 Å². The van der Waals surface area contributed by atoms with E-state index in [0.717, 1.165) is 51.4 Å². The lowest BCUT2D eigenvalue weighted by molar-refractivity contribution is -0.143. The third-order valence-electron chi connectivity index (χ3n) is 17.1. The molecule has 0 aromatic rings. The minimum atomic E-state index is -0.847. The minimum Gasteiger partial charge on any atom is -0.466 e. The van der Waals surface area contributed by atoms with Gasteiger partial charge in [0, 0.05) is 12.8 Å². The number of nitrogens with one attached hydrogen (secondary N) is 1. The van der Waals surface area contributed by atoms with Crippen molar-refractivity contribution in [2.45, 2.75) is 411 Å². The highest BCUT2D eigenvalue weighted by Gasteiger charge is 2.18. The van der Waals surface area contributed by atoms with E-state index >= 15 is 0 Å². The van der Waals surface area contributed by atoms with Gasteiger partial charge in [0.1, 0.15) is 0 Å². The standard InChI is InChI=1S/C76H143NO5/c1-3-5-7-9-11-13-15-17-19-21-22-23-31-34-37-40-44-48-52-56-60-64-68-74(79)73(72-78)77-75(80)69-65-61-57-53-49-45-41-38-35-32-29-27-25-24-26-28-30-33-36-39-43-47-51-55-59-63-67-71-82-76(81)70-66-62-58-54-50-46-42-20-18-16-14-12-10-8-6-4-2/h14,16,20,24-25,42,64,68,73-74,78-79H,3-13,15,17-19,21-23,26-41,43-63,65-67,69-72H2,1-2H3,(H,77,80)/b16-14-,25-24-,42-20-,68-64+. The van der Waals surface area contributed by atoms with Crippen LogP contribution in [0.25, 0.3) is 0 Å². The molecule has 0 heterocycles. The highest BCUT2D eigenvalue weighted by molar-refractivity contribution is 5.76. The molecule has 0 aliphatic rings. The Bertz CT molecular complexity index is 1370. The van der Waals surface area contributed by atoms with Crippen molar-refractivity contribution in [3.8, 4) is 0 Å². The van der Waals surface area contributed by atoms with E-state index in [1.54, 1.807) is 6.08 Å². The Morgan fingerprint density at radius 3 is 0.951 bits per heavy atom. The van der Waals surface area contributed by atoms with E-state index in [0.29, 0.717) is 19.4 Å². The second-order valence-corrected chi connectivity index (χ2v) is 25.3. The first-order valence-corrected chi connectivity index (χ1v) is 36.9. The molecule has 0 aliphatic heterocycles. The number of unbranched alkanes of at least 4 members (excludes halogenated alkanes) is 52. The van der Waals surface area contributed by atoms with Gasteiger partial charge >= 0.3 is 5.97 Å². The lowest BCUT2D eigenvalue weighted by atomic mass is 10.0. The molecule has 0 saturated heterocycles. The summed E-state index contributed by atoms with van der Waals surface area (Å²) in [6.45, 7) is 4.91. The third-order valence-corrected chi connectivity index (χ3v) is 17.1. The van der Waals surface area contributed by atoms with E-state index in [-0.39, 0.29) is 18.5 Å². The zero-order valence-corrected chi connectivity index (χ0v) is 55.2. The first-order chi connectivity index (χ1) is 40.5. The van der Waals surface area contributed by atoms with Crippen LogP contribution in [0.4, 0.5) is 0 Å². The molecule has 6 nitrogen and oxygen atoms in total. The smallest absolute Gasteiger partial charge is 0.305 e. The maximum atomic E-state index is 12.5. The summed E-state index contributed by atoms with van der Waals surface area (Å²) in [7, 11) is 0. The minimum absolute atomic E-state index is 0.00156. The molecule has 2 unspecified atom stereocenters. The number of aliphatic hydroxyl groups is 2. The van der Waals surface area contributed by atoms with Gasteiger partial charge in [-0.1, -0.05) is 345 Å². The molecular formula is C76H143NO5. The average Bonchev–Trinajstić information content (AvgIpc) is 3.48. The van der Waals surface area contributed by atoms with Gasteiger partial charge < -0.3 is 20.3 Å². The maximum Gasteiger partial charge on any atom is 0.305 e. The Hall–Kier alpha value is -2.18. The van der Waals surface area contributed by atoms with E-state index in [1.165, 1.54) is 321 Å². The van der Waals surface area contributed by atoms with Crippen molar-refractivity contribution in [1.29, 1.82) is 0 Å². The molecule has 1 amide bonds. The number of amides is 1. The Labute approximate surface area is 512 Å². The zero-order chi connectivity index (χ0) is 59.2. The predicted molar refractivity (Wildman–Crippen MR) is 361 cm³/mol. The van der Waals surface area contributed by atoms with Gasteiger partial charge in [-0.3, -0.25) is 9.59 Å². The van der Waals surface area contributed by atoms with Crippen LogP contribution >= 0.6 is 0 Å². The molecule has 0 rings (SSSR count). The highest BCUT2D eigenvalue weighted by Crippen LogP contribution is 2.18.